The number of fused-ring (bicyclic) bond motifs is 1. The average molecular weight is 363 g/mol. The second-order valence-corrected chi connectivity index (χ2v) is 7.88. The number of hydrogen-bond acceptors (Lipinski definition) is 3. The van der Waals surface area contributed by atoms with Crippen LogP contribution in [0.2, 0.25) is 0 Å². The van der Waals surface area contributed by atoms with Gasteiger partial charge in [-0.2, -0.15) is 0 Å². The van der Waals surface area contributed by atoms with Crippen LogP contribution in [0.25, 0.3) is 10.9 Å². The third-order valence-corrected chi connectivity index (χ3v) is 6.02. The Morgan fingerprint density at radius 1 is 0.960 bits per heavy atom. The number of aryl methyl sites for hydroxylation is 3. The molecule has 4 nitrogen and oxygen atoms in total. The summed E-state index contributed by atoms with van der Waals surface area (Å²) in [6.07, 6.45) is 1.13. The molecule has 0 spiro atoms. The van der Waals surface area contributed by atoms with E-state index in [0.29, 0.717) is 0 Å². The summed E-state index contributed by atoms with van der Waals surface area (Å²) in [5.74, 6) is -2.31. The van der Waals surface area contributed by atoms with Gasteiger partial charge in [0.15, 0.2) is 11.6 Å². The fourth-order valence-electron chi connectivity index (χ4n) is 2.65. The van der Waals surface area contributed by atoms with Gasteiger partial charge in [-0.1, -0.05) is 6.07 Å². The van der Waals surface area contributed by atoms with Crippen LogP contribution in [0.5, 0.6) is 0 Å². The summed E-state index contributed by atoms with van der Waals surface area (Å²) in [7, 11) is -2.62. The van der Waals surface area contributed by atoms with Crippen LogP contribution in [0.3, 0.4) is 0 Å². The maximum Gasteiger partial charge on any atom is 0.211 e. The first kappa shape index (κ1) is 17.3. The maximum atomic E-state index is 13.5. The van der Waals surface area contributed by atoms with Crippen molar-refractivity contribution in [3.8, 4) is 0 Å². The smallest absolute Gasteiger partial charge is 0.211 e. The number of sulfone groups is 1. The van der Waals surface area contributed by atoms with Crippen LogP contribution >= 0.6 is 0 Å². The van der Waals surface area contributed by atoms with E-state index in [-0.39, 0.29) is 15.8 Å². The lowest BCUT2D eigenvalue weighted by Crippen LogP contribution is -2.19. The minimum Gasteiger partial charge on any atom is -0.349 e. The molecular formula is C18H15F2NO3S. The predicted octanol–water partition coefficient (Wildman–Crippen LogP) is 3.27. The van der Waals surface area contributed by atoms with Crippen molar-refractivity contribution in [2.24, 2.45) is 7.05 Å². The van der Waals surface area contributed by atoms with Crippen molar-refractivity contribution in [1.82, 2.24) is 4.57 Å². The van der Waals surface area contributed by atoms with Crippen molar-refractivity contribution in [2.75, 3.05) is 0 Å². The molecule has 1 aromatic heterocycles. The molecule has 0 unspecified atom stereocenters. The molecule has 130 valence electrons. The van der Waals surface area contributed by atoms with Gasteiger partial charge in [0.2, 0.25) is 15.3 Å². The molecule has 0 saturated heterocycles. The summed E-state index contributed by atoms with van der Waals surface area (Å²) in [4.78, 5) is 12.1. The molecule has 0 N–H and O–H groups in total. The molecule has 0 radical (unpaired) electrons. The lowest BCUT2D eigenvalue weighted by atomic mass is 10.1. The van der Waals surface area contributed by atoms with Crippen molar-refractivity contribution in [2.45, 2.75) is 23.6 Å². The normalized spacial score (nSPS) is 11.9. The standard InChI is InChI=1S/C18H15F2NO3S/c1-10-4-5-12(6-11(10)2)25(23,24)17-9-21(3)16-8-15(20)14(19)7-13(16)18(17)22/h4-9H,1-3H3. The highest BCUT2D eigenvalue weighted by Gasteiger charge is 2.24. The molecule has 0 aliphatic carbocycles. The molecule has 3 aromatic rings. The highest BCUT2D eigenvalue weighted by molar-refractivity contribution is 7.91. The maximum absolute atomic E-state index is 13.5. The van der Waals surface area contributed by atoms with Crippen molar-refractivity contribution in [3.63, 3.8) is 0 Å². The van der Waals surface area contributed by atoms with Gasteiger partial charge in [-0.05, 0) is 43.2 Å². The molecule has 2 aromatic carbocycles. The quantitative estimate of drug-likeness (QED) is 0.702. The number of nitrogens with zero attached hydrogens (tertiary/aromatic N) is 1. The van der Waals surface area contributed by atoms with Gasteiger partial charge in [0.1, 0.15) is 4.90 Å². The van der Waals surface area contributed by atoms with Crippen LogP contribution < -0.4 is 5.43 Å². The molecule has 3 rings (SSSR count). The summed E-state index contributed by atoms with van der Waals surface area (Å²) in [6.45, 7) is 3.61. The number of rotatable bonds is 2. The fraction of sp³-hybridized carbons (Fsp3) is 0.167. The molecule has 0 aliphatic heterocycles. The van der Waals surface area contributed by atoms with Gasteiger partial charge in [-0.25, -0.2) is 17.2 Å². The Labute approximate surface area is 143 Å². The van der Waals surface area contributed by atoms with Gasteiger partial charge in [-0.3, -0.25) is 4.79 Å². The fourth-order valence-corrected chi connectivity index (χ4v) is 4.13. The summed E-state index contributed by atoms with van der Waals surface area (Å²) in [5.41, 5.74) is 0.947. The number of benzene rings is 2. The molecular weight excluding hydrogens is 348 g/mol. The third-order valence-electron chi connectivity index (χ3n) is 4.28. The monoisotopic (exact) mass is 363 g/mol. The predicted molar refractivity (Wildman–Crippen MR) is 90.5 cm³/mol. The zero-order chi connectivity index (χ0) is 18.5. The Kier molecular flexibility index (Phi) is 3.99. The van der Waals surface area contributed by atoms with E-state index in [1.165, 1.54) is 23.7 Å². The van der Waals surface area contributed by atoms with Crippen molar-refractivity contribution >= 4 is 20.7 Å². The molecule has 25 heavy (non-hydrogen) atoms. The van der Waals surface area contributed by atoms with E-state index in [0.717, 1.165) is 29.5 Å². The van der Waals surface area contributed by atoms with E-state index in [9.17, 15) is 22.0 Å². The van der Waals surface area contributed by atoms with Crippen LogP contribution in [0.15, 0.2) is 51.1 Å². The van der Waals surface area contributed by atoms with E-state index in [1.54, 1.807) is 13.0 Å². The van der Waals surface area contributed by atoms with E-state index in [2.05, 4.69) is 0 Å². The molecule has 0 aliphatic rings. The highest BCUT2D eigenvalue weighted by Crippen LogP contribution is 2.23. The van der Waals surface area contributed by atoms with Crippen LogP contribution in [0.4, 0.5) is 8.78 Å². The van der Waals surface area contributed by atoms with Crippen molar-refractivity contribution < 1.29 is 17.2 Å². The summed E-state index contributed by atoms with van der Waals surface area (Å²) < 4.78 is 54.0. The molecule has 0 saturated carbocycles. The van der Waals surface area contributed by atoms with Crippen LogP contribution in [0.1, 0.15) is 11.1 Å². The molecule has 0 fully saturated rings. The van der Waals surface area contributed by atoms with Crippen molar-refractivity contribution in [1.29, 1.82) is 0 Å². The van der Waals surface area contributed by atoms with E-state index < -0.39 is 31.8 Å². The average Bonchev–Trinajstić information content (AvgIpc) is 2.55. The Hall–Kier alpha value is -2.54. The molecule has 0 atom stereocenters. The topological polar surface area (TPSA) is 56.1 Å². The highest BCUT2D eigenvalue weighted by atomic mass is 32.2. The van der Waals surface area contributed by atoms with Crippen LogP contribution in [-0.4, -0.2) is 13.0 Å². The first-order valence-electron chi connectivity index (χ1n) is 7.43. The van der Waals surface area contributed by atoms with Gasteiger partial charge < -0.3 is 4.57 Å². The van der Waals surface area contributed by atoms with Gasteiger partial charge in [0, 0.05) is 19.3 Å². The molecule has 0 bridgehead atoms. The van der Waals surface area contributed by atoms with Gasteiger partial charge in [0.05, 0.1) is 15.8 Å². The Morgan fingerprint density at radius 2 is 1.60 bits per heavy atom. The van der Waals surface area contributed by atoms with Gasteiger partial charge in [0.25, 0.3) is 0 Å². The number of pyridine rings is 1. The van der Waals surface area contributed by atoms with Crippen molar-refractivity contribution in [3.05, 3.63) is 69.5 Å². The number of aromatic nitrogens is 1. The Bertz CT molecular complexity index is 1180. The number of hydrogen-bond donors (Lipinski definition) is 0. The first-order valence-corrected chi connectivity index (χ1v) is 8.92. The second kappa shape index (κ2) is 5.77. The van der Waals surface area contributed by atoms with Crippen LogP contribution in [0, 0.1) is 25.5 Å². The second-order valence-electron chi connectivity index (χ2n) is 5.97. The molecule has 1 heterocycles. The lowest BCUT2D eigenvalue weighted by molar-refractivity contribution is 0.510. The van der Waals surface area contributed by atoms with E-state index in [1.807, 2.05) is 6.92 Å². The third kappa shape index (κ3) is 2.74. The zero-order valence-electron chi connectivity index (χ0n) is 13.8. The van der Waals surface area contributed by atoms with E-state index in [4.69, 9.17) is 0 Å². The van der Waals surface area contributed by atoms with Crippen LogP contribution in [-0.2, 0) is 16.9 Å². The first-order chi connectivity index (χ1) is 11.6. The van der Waals surface area contributed by atoms with E-state index >= 15 is 0 Å². The summed E-state index contributed by atoms with van der Waals surface area (Å²) >= 11 is 0. The SMILES string of the molecule is Cc1ccc(S(=O)(=O)c2cn(C)c3cc(F)c(F)cc3c2=O)cc1C. The van der Waals surface area contributed by atoms with Gasteiger partial charge in [-0.15, -0.1) is 0 Å². The molecule has 0 amide bonds. The summed E-state index contributed by atoms with van der Waals surface area (Å²) in [5, 5.41) is -0.189. The Balaban J connectivity index is 2.35. The minimum atomic E-state index is -4.10. The number of halogens is 2. The van der Waals surface area contributed by atoms with Gasteiger partial charge >= 0.3 is 0 Å². The minimum absolute atomic E-state index is 0.0189. The lowest BCUT2D eigenvalue weighted by Gasteiger charge is -2.11. The zero-order valence-corrected chi connectivity index (χ0v) is 14.6. The summed E-state index contributed by atoms with van der Waals surface area (Å²) in [6, 6.07) is 6.17. The largest absolute Gasteiger partial charge is 0.349 e. The Morgan fingerprint density at radius 3 is 2.24 bits per heavy atom. The molecule has 7 heteroatoms.